The summed E-state index contributed by atoms with van der Waals surface area (Å²) in [5.74, 6) is 0.890. The van der Waals surface area contributed by atoms with Gasteiger partial charge >= 0.3 is 0 Å². The number of para-hydroxylation sites is 1. The molecule has 0 spiro atoms. The average Bonchev–Trinajstić information content (AvgIpc) is 2.56. The predicted octanol–water partition coefficient (Wildman–Crippen LogP) is 4.00. The molecule has 0 atom stereocenters. The first-order valence-electron chi connectivity index (χ1n) is 7.10. The van der Waals surface area contributed by atoms with Crippen LogP contribution in [0.5, 0.6) is 17.2 Å². The summed E-state index contributed by atoms with van der Waals surface area (Å²) in [6, 6.07) is 20.7. The van der Waals surface area contributed by atoms with Gasteiger partial charge in [-0.2, -0.15) is 0 Å². The Labute approximate surface area is 133 Å². The van der Waals surface area contributed by atoms with Gasteiger partial charge in [0.2, 0.25) is 0 Å². The molecule has 0 bridgehead atoms. The second kappa shape index (κ2) is 6.23. The van der Waals surface area contributed by atoms with Crippen molar-refractivity contribution in [2.75, 3.05) is 5.73 Å². The molecule has 0 fully saturated rings. The van der Waals surface area contributed by atoms with Crippen molar-refractivity contribution in [1.82, 2.24) is 0 Å². The van der Waals surface area contributed by atoms with E-state index in [1.807, 2.05) is 30.3 Å². The van der Waals surface area contributed by atoms with Crippen molar-refractivity contribution in [2.45, 2.75) is 0 Å². The van der Waals surface area contributed by atoms with E-state index in [0.29, 0.717) is 11.3 Å². The van der Waals surface area contributed by atoms with Crippen molar-refractivity contribution in [3.8, 4) is 17.2 Å². The van der Waals surface area contributed by atoms with Gasteiger partial charge in [-0.25, -0.2) is 0 Å². The van der Waals surface area contributed by atoms with Gasteiger partial charge in [-0.3, -0.25) is 4.79 Å². The van der Waals surface area contributed by atoms with Crippen LogP contribution >= 0.6 is 0 Å². The maximum atomic E-state index is 12.5. The van der Waals surface area contributed by atoms with Crippen LogP contribution in [0.1, 0.15) is 15.9 Å². The molecule has 3 N–H and O–H groups in total. The molecule has 4 nitrogen and oxygen atoms in total. The van der Waals surface area contributed by atoms with E-state index in [1.165, 1.54) is 6.07 Å². The number of phenols is 1. The Hall–Kier alpha value is -3.27. The summed E-state index contributed by atoms with van der Waals surface area (Å²) in [7, 11) is 0. The molecule has 0 saturated carbocycles. The van der Waals surface area contributed by atoms with Crippen LogP contribution in [0.4, 0.5) is 5.69 Å². The molecule has 0 saturated heterocycles. The molecule has 0 aromatic heterocycles. The number of nitrogen functional groups attached to an aromatic ring is 1. The zero-order chi connectivity index (χ0) is 16.2. The third-order valence-electron chi connectivity index (χ3n) is 3.40. The summed E-state index contributed by atoms with van der Waals surface area (Å²) in [6.07, 6.45) is 0. The maximum Gasteiger partial charge on any atom is 0.198 e. The molecule has 0 aliphatic carbocycles. The fourth-order valence-electron chi connectivity index (χ4n) is 2.25. The number of hydrogen-bond acceptors (Lipinski definition) is 4. The molecule has 0 unspecified atom stereocenters. The Bertz CT molecular complexity index is 807. The molecule has 3 aromatic carbocycles. The standard InChI is InChI=1S/C19H15NO3/c20-16-7-4-8-17(21)18(16)19(22)13-9-11-15(12-10-13)23-14-5-2-1-3-6-14/h1-12,21H,20H2. The largest absolute Gasteiger partial charge is 0.507 e. The van der Waals surface area contributed by atoms with Crippen LogP contribution in [-0.2, 0) is 0 Å². The van der Waals surface area contributed by atoms with Crippen LogP contribution in [0.15, 0.2) is 72.8 Å². The van der Waals surface area contributed by atoms with E-state index in [9.17, 15) is 9.90 Å². The van der Waals surface area contributed by atoms with Crippen LogP contribution in [-0.4, -0.2) is 10.9 Å². The summed E-state index contributed by atoms with van der Waals surface area (Å²) in [5.41, 5.74) is 6.58. The summed E-state index contributed by atoms with van der Waals surface area (Å²) in [5, 5.41) is 9.85. The minimum Gasteiger partial charge on any atom is -0.507 e. The van der Waals surface area contributed by atoms with E-state index < -0.39 is 0 Å². The fourth-order valence-corrected chi connectivity index (χ4v) is 2.25. The molecule has 0 aliphatic rings. The number of anilines is 1. The molecule has 3 aromatic rings. The molecule has 23 heavy (non-hydrogen) atoms. The molecule has 3 rings (SSSR count). The molecular formula is C19H15NO3. The minimum atomic E-state index is -0.327. The van der Waals surface area contributed by atoms with Gasteiger partial charge in [-0.05, 0) is 48.5 Å². The first kappa shape index (κ1) is 14.7. The Morgan fingerprint density at radius 2 is 1.48 bits per heavy atom. The predicted molar refractivity (Wildman–Crippen MR) is 88.9 cm³/mol. The van der Waals surface area contributed by atoms with E-state index in [4.69, 9.17) is 10.5 Å². The van der Waals surface area contributed by atoms with Gasteiger partial charge in [-0.15, -0.1) is 0 Å². The van der Waals surface area contributed by atoms with Gasteiger partial charge in [0.05, 0.1) is 5.56 Å². The number of aromatic hydroxyl groups is 1. The van der Waals surface area contributed by atoms with Crippen molar-refractivity contribution < 1.29 is 14.6 Å². The first-order chi connectivity index (χ1) is 11.1. The average molecular weight is 305 g/mol. The summed E-state index contributed by atoms with van der Waals surface area (Å²) >= 11 is 0. The number of carbonyl (C=O) groups excluding carboxylic acids is 1. The number of phenolic OH excluding ortho intramolecular Hbond substituents is 1. The Morgan fingerprint density at radius 1 is 0.826 bits per heavy atom. The summed E-state index contributed by atoms with van der Waals surface area (Å²) in [6.45, 7) is 0. The van der Waals surface area contributed by atoms with Gasteiger partial charge in [0.15, 0.2) is 5.78 Å². The summed E-state index contributed by atoms with van der Waals surface area (Å²) in [4.78, 5) is 12.5. The molecule has 4 heteroatoms. The zero-order valence-electron chi connectivity index (χ0n) is 12.3. The van der Waals surface area contributed by atoms with Crippen molar-refractivity contribution >= 4 is 11.5 Å². The van der Waals surface area contributed by atoms with Crippen LogP contribution in [0.3, 0.4) is 0 Å². The fraction of sp³-hybridized carbons (Fsp3) is 0. The van der Waals surface area contributed by atoms with Crippen LogP contribution in [0.2, 0.25) is 0 Å². The Balaban J connectivity index is 1.83. The smallest absolute Gasteiger partial charge is 0.198 e. The van der Waals surface area contributed by atoms with Crippen molar-refractivity contribution in [2.24, 2.45) is 0 Å². The Kier molecular flexibility index (Phi) is 3.97. The second-order valence-electron chi connectivity index (χ2n) is 5.01. The molecule has 114 valence electrons. The number of ketones is 1. The van der Waals surface area contributed by atoms with Crippen molar-refractivity contribution in [3.05, 3.63) is 83.9 Å². The van der Waals surface area contributed by atoms with E-state index in [2.05, 4.69) is 0 Å². The van der Waals surface area contributed by atoms with Crippen LogP contribution in [0, 0.1) is 0 Å². The maximum absolute atomic E-state index is 12.5. The zero-order valence-corrected chi connectivity index (χ0v) is 12.3. The lowest BCUT2D eigenvalue weighted by Crippen LogP contribution is -2.05. The first-order valence-corrected chi connectivity index (χ1v) is 7.10. The molecule has 0 heterocycles. The lowest BCUT2D eigenvalue weighted by atomic mass is 10.0. The van der Waals surface area contributed by atoms with Gasteiger partial charge < -0.3 is 15.6 Å². The minimum absolute atomic E-state index is 0.115. The number of carbonyl (C=O) groups is 1. The number of benzene rings is 3. The Morgan fingerprint density at radius 3 is 2.13 bits per heavy atom. The van der Waals surface area contributed by atoms with Gasteiger partial charge in [0, 0.05) is 11.3 Å². The SMILES string of the molecule is Nc1cccc(O)c1C(=O)c1ccc(Oc2ccccc2)cc1. The highest BCUT2D eigenvalue weighted by Crippen LogP contribution is 2.27. The van der Waals surface area contributed by atoms with Gasteiger partial charge in [0.1, 0.15) is 17.2 Å². The molecular weight excluding hydrogens is 290 g/mol. The third-order valence-corrected chi connectivity index (χ3v) is 3.40. The monoisotopic (exact) mass is 305 g/mol. The number of rotatable bonds is 4. The number of nitrogens with two attached hydrogens (primary N) is 1. The van der Waals surface area contributed by atoms with Crippen molar-refractivity contribution in [1.29, 1.82) is 0 Å². The molecule has 0 amide bonds. The van der Waals surface area contributed by atoms with Crippen LogP contribution in [0.25, 0.3) is 0 Å². The van der Waals surface area contributed by atoms with Gasteiger partial charge in [-0.1, -0.05) is 24.3 Å². The van der Waals surface area contributed by atoms with E-state index >= 15 is 0 Å². The van der Waals surface area contributed by atoms with Gasteiger partial charge in [0.25, 0.3) is 0 Å². The normalized spacial score (nSPS) is 10.3. The highest BCUT2D eigenvalue weighted by atomic mass is 16.5. The number of hydrogen-bond donors (Lipinski definition) is 2. The second-order valence-corrected chi connectivity index (χ2v) is 5.01. The van der Waals surface area contributed by atoms with E-state index in [0.717, 1.165) is 5.75 Å². The summed E-state index contributed by atoms with van der Waals surface area (Å²) < 4.78 is 5.68. The topological polar surface area (TPSA) is 72.5 Å². The van der Waals surface area contributed by atoms with E-state index in [-0.39, 0.29) is 22.8 Å². The quantitative estimate of drug-likeness (QED) is 0.564. The third kappa shape index (κ3) is 3.16. The lowest BCUT2D eigenvalue weighted by Gasteiger charge is -2.09. The molecule has 0 aliphatic heterocycles. The number of ether oxygens (including phenoxy) is 1. The van der Waals surface area contributed by atoms with Crippen molar-refractivity contribution in [3.63, 3.8) is 0 Å². The van der Waals surface area contributed by atoms with E-state index in [1.54, 1.807) is 36.4 Å². The molecule has 0 radical (unpaired) electrons. The lowest BCUT2D eigenvalue weighted by molar-refractivity contribution is 0.103. The highest BCUT2D eigenvalue weighted by molar-refractivity contribution is 6.13. The highest BCUT2D eigenvalue weighted by Gasteiger charge is 2.16. The van der Waals surface area contributed by atoms with Crippen LogP contribution < -0.4 is 10.5 Å².